The molecule has 0 N–H and O–H groups in total. The molecule has 8 heteroatoms. The monoisotopic (exact) mass is 458 g/mol. The number of halogens is 1. The largest absolute Gasteiger partial charge is 0.493 e. The average Bonchev–Trinajstić information content (AvgIpc) is 3.32. The highest BCUT2D eigenvalue weighted by atomic mass is 35.5. The summed E-state index contributed by atoms with van der Waals surface area (Å²) in [6.07, 6.45) is 10.5. The third-order valence-electron chi connectivity index (χ3n) is 6.47. The van der Waals surface area contributed by atoms with Crippen molar-refractivity contribution in [3.8, 4) is 5.75 Å². The molecular formula is C24H31ClN4O3. The molecule has 2 fully saturated rings. The second-order valence-corrected chi connectivity index (χ2v) is 9.45. The maximum atomic E-state index is 13.2. The molecule has 0 radical (unpaired) electrons. The molecule has 2 aliphatic rings. The minimum atomic E-state index is -0.417. The molecule has 0 saturated carbocycles. The highest BCUT2D eigenvalue weighted by Gasteiger charge is 2.41. The topological polar surface area (TPSA) is 67.7 Å². The van der Waals surface area contributed by atoms with Crippen LogP contribution in [0.15, 0.2) is 43.0 Å². The van der Waals surface area contributed by atoms with Crippen LogP contribution in [0.3, 0.4) is 0 Å². The van der Waals surface area contributed by atoms with Crippen LogP contribution in [-0.4, -0.2) is 64.0 Å². The number of ether oxygens (including phenoxy) is 1. The smallest absolute Gasteiger partial charge is 0.242 e. The van der Waals surface area contributed by atoms with Crippen molar-refractivity contribution in [3.63, 3.8) is 0 Å². The number of benzene rings is 1. The van der Waals surface area contributed by atoms with E-state index in [-0.39, 0.29) is 18.4 Å². The van der Waals surface area contributed by atoms with E-state index < -0.39 is 5.41 Å². The Morgan fingerprint density at radius 1 is 1.06 bits per heavy atom. The lowest BCUT2D eigenvalue weighted by molar-refractivity contribution is -0.142. The molecule has 0 aliphatic carbocycles. The molecule has 172 valence electrons. The van der Waals surface area contributed by atoms with Crippen LogP contribution in [0.2, 0.25) is 5.02 Å². The zero-order chi connectivity index (χ0) is 22.4. The molecule has 0 spiro atoms. The SMILES string of the molecule is O=C(CC1(COc2cccc(Cl)c2)CCCN(C(=O)Cn2ccnc2)C1)N1CCCCC1. The third-order valence-corrected chi connectivity index (χ3v) is 6.70. The van der Waals surface area contributed by atoms with Gasteiger partial charge in [-0.15, -0.1) is 0 Å². The zero-order valence-electron chi connectivity index (χ0n) is 18.4. The van der Waals surface area contributed by atoms with Gasteiger partial charge in [0.2, 0.25) is 11.8 Å². The highest BCUT2D eigenvalue weighted by molar-refractivity contribution is 6.30. The van der Waals surface area contributed by atoms with Crippen molar-refractivity contribution in [2.24, 2.45) is 5.41 Å². The lowest BCUT2D eigenvalue weighted by Gasteiger charge is -2.43. The fourth-order valence-corrected chi connectivity index (χ4v) is 4.92. The predicted octanol–water partition coefficient (Wildman–Crippen LogP) is 3.63. The number of hydrogen-bond donors (Lipinski definition) is 0. The minimum absolute atomic E-state index is 0.0419. The number of nitrogens with zero attached hydrogens (tertiary/aromatic N) is 4. The quantitative estimate of drug-likeness (QED) is 0.635. The summed E-state index contributed by atoms with van der Waals surface area (Å²) in [5.41, 5.74) is -0.417. The van der Waals surface area contributed by atoms with Gasteiger partial charge in [-0.3, -0.25) is 9.59 Å². The Morgan fingerprint density at radius 3 is 2.62 bits per heavy atom. The second-order valence-electron chi connectivity index (χ2n) is 9.02. The van der Waals surface area contributed by atoms with E-state index in [0.29, 0.717) is 36.9 Å². The number of amides is 2. The Morgan fingerprint density at radius 2 is 1.88 bits per heavy atom. The van der Waals surface area contributed by atoms with Crippen LogP contribution >= 0.6 is 11.6 Å². The van der Waals surface area contributed by atoms with Crippen LogP contribution < -0.4 is 4.74 Å². The van der Waals surface area contributed by atoms with Gasteiger partial charge in [-0.2, -0.15) is 0 Å². The summed E-state index contributed by atoms with van der Waals surface area (Å²) in [7, 11) is 0. The van der Waals surface area contributed by atoms with E-state index in [4.69, 9.17) is 16.3 Å². The summed E-state index contributed by atoms with van der Waals surface area (Å²) < 4.78 is 7.92. The maximum Gasteiger partial charge on any atom is 0.242 e. The van der Waals surface area contributed by atoms with Crippen LogP contribution in [0.4, 0.5) is 0 Å². The van der Waals surface area contributed by atoms with Crippen LogP contribution in [-0.2, 0) is 16.1 Å². The number of likely N-dealkylation sites (tertiary alicyclic amines) is 2. The second kappa shape index (κ2) is 10.4. The summed E-state index contributed by atoms with van der Waals surface area (Å²) in [4.78, 5) is 34.1. The Hall–Kier alpha value is -2.54. The molecule has 3 heterocycles. The lowest BCUT2D eigenvalue weighted by atomic mass is 9.77. The normalized spacial score (nSPS) is 21.4. The van der Waals surface area contributed by atoms with Crippen molar-refractivity contribution in [3.05, 3.63) is 48.0 Å². The molecular weight excluding hydrogens is 428 g/mol. The van der Waals surface area contributed by atoms with E-state index in [2.05, 4.69) is 4.98 Å². The van der Waals surface area contributed by atoms with E-state index in [1.807, 2.05) is 21.9 Å². The molecule has 1 atom stereocenters. The van der Waals surface area contributed by atoms with Crippen molar-refractivity contribution >= 4 is 23.4 Å². The molecule has 2 aliphatic heterocycles. The Labute approximate surface area is 194 Å². The summed E-state index contributed by atoms with van der Waals surface area (Å²) in [5, 5.41) is 0.613. The van der Waals surface area contributed by atoms with Crippen molar-refractivity contribution in [2.75, 3.05) is 32.8 Å². The molecule has 32 heavy (non-hydrogen) atoms. The van der Waals surface area contributed by atoms with Gasteiger partial charge in [0.05, 0.1) is 12.9 Å². The summed E-state index contributed by atoms with van der Waals surface area (Å²) in [6.45, 7) is 3.50. The van der Waals surface area contributed by atoms with Crippen LogP contribution in [0, 0.1) is 5.41 Å². The molecule has 1 unspecified atom stereocenters. The van der Waals surface area contributed by atoms with E-state index >= 15 is 0 Å². The van der Waals surface area contributed by atoms with Crippen molar-refractivity contribution in [2.45, 2.75) is 45.1 Å². The molecule has 2 saturated heterocycles. The Bertz CT molecular complexity index is 914. The van der Waals surface area contributed by atoms with Gasteiger partial charge in [0.15, 0.2) is 0 Å². The minimum Gasteiger partial charge on any atom is -0.493 e. The van der Waals surface area contributed by atoms with Gasteiger partial charge in [0.1, 0.15) is 12.3 Å². The van der Waals surface area contributed by atoms with Gasteiger partial charge in [-0.05, 0) is 50.3 Å². The van der Waals surface area contributed by atoms with Crippen molar-refractivity contribution in [1.29, 1.82) is 0 Å². The van der Waals surface area contributed by atoms with E-state index in [1.165, 1.54) is 6.42 Å². The van der Waals surface area contributed by atoms with Crippen LogP contribution in [0.1, 0.15) is 38.5 Å². The standard InChI is InChI=1S/C24H31ClN4O3/c25-20-6-4-7-21(14-20)32-18-24(15-22(30)28-10-2-1-3-11-28)8-5-12-29(17-24)23(31)16-27-13-9-26-19-27/h4,6-7,9,13-14,19H,1-3,5,8,10-12,15-18H2. The predicted molar refractivity (Wildman–Crippen MR) is 122 cm³/mol. The highest BCUT2D eigenvalue weighted by Crippen LogP contribution is 2.36. The first kappa shape index (κ1) is 22.6. The summed E-state index contributed by atoms with van der Waals surface area (Å²) >= 11 is 6.12. The number of rotatable bonds is 7. The van der Waals surface area contributed by atoms with E-state index in [1.54, 1.807) is 35.4 Å². The number of carbonyl (C=O) groups is 2. The fourth-order valence-electron chi connectivity index (χ4n) is 4.74. The summed E-state index contributed by atoms with van der Waals surface area (Å²) in [5.74, 6) is 0.896. The fraction of sp³-hybridized carbons (Fsp3) is 0.542. The van der Waals surface area contributed by atoms with E-state index in [9.17, 15) is 9.59 Å². The van der Waals surface area contributed by atoms with Gasteiger partial charge in [-0.1, -0.05) is 17.7 Å². The molecule has 1 aromatic heterocycles. The Balaban J connectivity index is 1.48. The number of piperidine rings is 2. The molecule has 0 bridgehead atoms. The van der Waals surface area contributed by atoms with Gasteiger partial charge in [-0.25, -0.2) is 4.98 Å². The van der Waals surface area contributed by atoms with Crippen LogP contribution in [0.5, 0.6) is 5.75 Å². The first-order valence-corrected chi connectivity index (χ1v) is 11.8. The van der Waals surface area contributed by atoms with Crippen LogP contribution in [0.25, 0.3) is 0 Å². The first-order chi connectivity index (χ1) is 15.5. The first-order valence-electron chi connectivity index (χ1n) is 11.4. The van der Waals surface area contributed by atoms with Gasteiger partial charge in [0.25, 0.3) is 0 Å². The van der Waals surface area contributed by atoms with Crippen molar-refractivity contribution in [1.82, 2.24) is 19.4 Å². The average molecular weight is 459 g/mol. The zero-order valence-corrected chi connectivity index (χ0v) is 19.2. The summed E-state index contributed by atoms with van der Waals surface area (Å²) in [6, 6.07) is 7.32. The van der Waals surface area contributed by atoms with Gasteiger partial charge < -0.3 is 19.1 Å². The lowest BCUT2D eigenvalue weighted by Crippen LogP contribution is -2.52. The Kier molecular flexibility index (Phi) is 7.35. The van der Waals surface area contributed by atoms with Crippen molar-refractivity contribution < 1.29 is 14.3 Å². The number of carbonyl (C=O) groups excluding carboxylic acids is 2. The van der Waals surface area contributed by atoms with Gasteiger partial charge in [0, 0.05) is 55.4 Å². The number of aromatic nitrogens is 2. The third kappa shape index (κ3) is 5.82. The van der Waals surface area contributed by atoms with E-state index in [0.717, 1.165) is 38.8 Å². The molecule has 2 aromatic rings. The number of imidazole rings is 1. The molecule has 7 nitrogen and oxygen atoms in total. The molecule has 4 rings (SSSR count). The molecule has 2 amide bonds. The maximum absolute atomic E-state index is 13.2. The number of hydrogen-bond acceptors (Lipinski definition) is 4. The molecule has 1 aromatic carbocycles. The van der Waals surface area contributed by atoms with Gasteiger partial charge >= 0.3 is 0 Å².